The molecule has 1 N–H and O–H groups in total. The van der Waals surface area contributed by atoms with E-state index < -0.39 is 0 Å². The van der Waals surface area contributed by atoms with Crippen LogP contribution in [0.25, 0.3) is 10.9 Å². The Labute approximate surface area is 186 Å². The third kappa shape index (κ3) is 6.78. The second-order valence-corrected chi connectivity index (χ2v) is 10.3. The normalized spacial score (nSPS) is 16.6. The molecule has 0 radical (unpaired) electrons. The van der Waals surface area contributed by atoms with Crippen LogP contribution in [0.5, 0.6) is 0 Å². The number of rotatable bonds is 13. The van der Waals surface area contributed by atoms with Crippen LogP contribution in [0.1, 0.15) is 108 Å². The van der Waals surface area contributed by atoms with E-state index in [1.165, 1.54) is 123 Å². The summed E-state index contributed by atoms with van der Waals surface area (Å²) in [5.74, 6) is 0.910. The second-order valence-electron chi connectivity index (χ2n) is 9.06. The Balaban J connectivity index is 1.26. The van der Waals surface area contributed by atoms with Crippen LogP contribution in [0.2, 0.25) is 0 Å². The van der Waals surface area contributed by atoms with E-state index in [1.54, 1.807) is 5.56 Å². The number of fused-ring (bicyclic) bond motifs is 3. The van der Waals surface area contributed by atoms with Crippen molar-refractivity contribution in [2.24, 2.45) is 5.92 Å². The zero-order chi connectivity index (χ0) is 19.6. The van der Waals surface area contributed by atoms with Crippen LogP contribution >= 0.6 is 22.6 Å². The average molecular weight is 494 g/mol. The standard InChI is InChI=1S/C26H40IN/c1-2-3-4-5-6-7-8-9-10-11-12-13-14-21-15-17-25-23(19-21)24-20-22(27)16-18-26(24)28-25/h16,18,20-21,28H,2-15,17,19H2,1H3. The first-order valence-electron chi connectivity index (χ1n) is 12.1. The van der Waals surface area contributed by atoms with Crippen molar-refractivity contribution in [3.8, 4) is 0 Å². The lowest BCUT2D eigenvalue weighted by molar-refractivity contribution is 0.403. The first-order valence-corrected chi connectivity index (χ1v) is 13.1. The van der Waals surface area contributed by atoms with Gasteiger partial charge in [0.15, 0.2) is 0 Å². The van der Waals surface area contributed by atoms with Crippen LogP contribution in [0.4, 0.5) is 0 Å². The molecule has 1 aliphatic carbocycles. The van der Waals surface area contributed by atoms with Gasteiger partial charge in [0.05, 0.1) is 0 Å². The number of benzene rings is 1. The molecule has 0 spiro atoms. The number of H-pyrrole nitrogens is 1. The Hall–Kier alpha value is -0.510. The van der Waals surface area contributed by atoms with Gasteiger partial charge in [-0.15, -0.1) is 0 Å². The van der Waals surface area contributed by atoms with Gasteiger partial charge in [-0.1, -0.05) is 90.4 Å². The maximum absolute atomic E-state index is 3.68. The van der Waals surface area contributed by atoms with Crippen LogP contribution in [0, 0.1) is 9.49 Å². The molecule has 1 nitrogen and oxygen atoms in total. The van der Waals surface area contributed by atoms with Crippen LogP contribution in [0.15, 0.2) is 18.2 Å². The molecule has 1 aromatic carbocycles. The minimum absolute atomic E-state index is 0.910. The number of hydrogen-bond donors (Lipinski definition) is 1. The lowest BCUT2D eigenvalue weighted by atomic mass is 9.83. The number of aryl methyl sites for hydroxylation is 1. The number of aromatic amines is 1. The van der Waals surface area contributed by atoms with Crippen LogP contribution < -0.4 is 0 Å². The van der Waals surface area contributed by atoms with Crippen molar-refractivity contribution in [3.05, 3.63) is 33.0 Å². The van der Waals surface area contributed by atoms with Crippen LogP contribution in [-0.2, 0) is 12.8 Å². The fourth-order valence-electron chi connectivity index (χ4n) is 4.98. The molecular weight excluding hydrogens is 453 g/mol. The predicted octanol–water partition coefficient (Wildman–Crippen LogP) is 8.97. The van der Waals surface area contributed by atoms with Gasteiger partial charge in [-0.25, -0.2) is 0 Å². The molecule has 1 heterocycles. The molecule has 156 valence electrons. The van der Waals surface area contributed by atoms with Crippen molar-refractivity contribution in [1.82, 2.24) is 4.98 Å². The summed E-state index contributed by atoms with van der Waals surface area (Å²) in [7, 11) is 0. The van der Waals surface area contributed by atoms with Crippen LogP contribution in [0.3, 0.4) is 0 Å². The largest absolute Gasteiger partial charge is 0.358 e. The van der Waals surface area contributed by atoms with Crippen molar-refractivity contribution < 1.29 is 0 Å². The molecule has 1 atom stereocenters. The summed E-state index contributed by atoms with van der Waals surface area (Å²) in [4.78, 5) is 3.68. The SMILES string of the molecule is CCCCCCCCCCCCCCC1CCc2[nH]c3ccc(I)cc3c2C1. The monoisotopic (exact) mass is 493 g/mol. The molecule has 0 saturated heterocycles. The predicted molar refractivity (Wildman–Crippen MR) is 132 cm³/mol. The van der Waals surface area contributed by atoms with E-state index in [0.29, 0.717) is 0 Å². The van der Waals surface area contributed by atoms with E-state index in [1.807, 2.05) is 0 Å². The lowest BCUT2D eigenvalue weighted by Crippen LogP contribution is -2.13. The van der Waals surface area contributed by atoms with Crippen molar-refractivity contribution in [3.63, 3.8) is 0 Å². The molecule has 2 aromatic rings. The third-order valence-corrected chi connectivity index (χ3v) is 7.39. The number of nitrogens with one attached hydrogen (secondary N) is 1. The fourth-order valence-corrected chi connectivity index (χ4v) is 5.47. The Kier molecular flexibility index (Phi) is 9.70. The van der Waals surface area contributed by atoms with Crippen molar-refractivity contribution in [1.29, 1.82) is 0 Å². The van der Waals surface area contributed by atoms with Gasteiger partial charge in [0, 0.05) is 20.2 Å². The van der Waals surface area contributed by atoms with E-state index in [2.05, 4.69) is 52.7 Å². The zero-order valence-corrected chi connectivity index (χ0v) is 20.2. The molecule has 1 aromatic heterocycles. The summed E-state index contributed by atoms with van der Waals surface area (Å²) in [5, 5.41) is 1.49. The molecule has 1 unspecified atom stereocenters. The van der Waals surface area contributed by atoms with Gasteiger partial charge >= 0.3 is 0 Å². The van der Waals surface area contributed by atoms with E-state index >= 15 is 0 Å². The highest BCUT2D eigenvalue weighted by molar-refractivity contribution is 14.1. The van der Waals surface area contributed by atoms with Crippen molar-refractivity contribution >= 4 is 33.5 Å². The quantitative estimate of drug-likeness (QED) is 0.212. The summed E-state index contributed by atoms with van der Waals surface area (Å²) < 4.78 is 1.36. The van der Waals surface area contributed by atoms with Gasteiger partial charge in [-0.05, 0) is 71.5 Å². The van der Waals surface area contributed by atoms with Crippen LogP contribution in [-0.4, -0.2) is 4.98 Å². The van der Waals surface area contributed by atoms with Gasteiger partial charge in [0.25, 0.3) is 0 Å². The minimum Gasteiger partial charge on any atom is -0.358 e. The van der Waals surface area contributed by atoms with Gasteiger partial charge in [-0.2, -0.15) is 0 Å². The van der Waals surface area contributed by atoms with E-state index in [0.717, 1.165) is 5.92 Å². The number of halogens is 1. The molecule has 0 saturated carbocycles. The molecule has 3 rings (SSSR count). The van der Waals surface area contributed by atoms with Gasteiger partial charge in [0.2, 0.25) is 0 Å². The van der Waals surface area contributed by atoms with E-state index in [-0.39, 0.29) is 0 Å². The summed E-state index contributed by atoms with van der Waals surface area (Å²) in [6, 6.07) is 6.85. The summed E-state index contributed by atoms with van der Waals surface area (Å²) in [6.45, 7) is 2.30. The molecule has 0 bridgehead atoms. The molecular formula is C26H40IN. The van der Waals surface area contributed by atoms with E-state index in [4.69, 9.17) is 0 Å². The maximum Gasteiger partial charge on any atom is 0.0459 e. The Bertz CT molecular complexity index is 702. The third-order valence-electron chi connectivity index (χ3n) is 6.72. The molecule has 1 aliphatic rings. The Morgan fingerprint density at radius 3 is 2.21 bits per heavy atom. The lowest BCUT2D eigenvalue weighted by Gasteiger charge is -2.22. The first-order chi connectivity index (χ1) is 13.8. The first kappa shape index (κ1) is 22.2. The summed E-state index contributed by atoms with van der Waals surface area (Å²) >= 11 is 2.44. The molecule has 2 heteroatoms. The molecule has 28 heavy (non-hydrogen) atoms. The smallest absolute Gasteiger partial charge is 0.0459 e. The molecule has 0 amide bonds. The number of aromatic nitrogens is 1. The van der Waals surface area contributed by atoms with Crippen molar-refractivity contribution in [2.45, 2.75) is 110 Å². The Morgan fingerprint density at radius 2 is 1.54 bits per heavy atom. The zero-order valence-electron chi connectivity index (χ0n) is 18.0. The molecule has 0 fully saturated rings. The number of unbranched alkanes of at least 4 members (excludes halogenated alkanes) is 11. The summed E-state index contributed by atoms with van der Waals surface area (Å²) in [5.41, 5.74) is 4.49. The second kappa shape index (κ2) is 12.2. The average Bonchev–Trinajstić information content (AvgIpc) is 3.06. The molecule has 0 aliphatic heterocycles. The van der Waals surface area contributed by atoms with E-state index in [9.17, 15) is 0 Å². The fraction of sp³-hybridized carbons (Fsp3) is 0.692. The van der Waals surface area contributed by atoms with Crippen molar-refractivity contribution in [2.75, 3.05) is 0 Å². The highest BCUT2D eigenvalue weighted by Gasteiger charge is 2.22. The number of hydrogen-bond acceptors (Lipinski definition) is 0. The Morgan fingerprint density at radius 1 is 0.893 bits per heavy atom. The summed E-state index contributed by atoms with van der Waals surface area (Å²) in [6.07, 6.45) is 22.8. The maximum atomic E-state index is 3.68. The van der Waals surface area contributed by atoms with Gasteiger partial charge < -0.3 is 4.98 Å². The minimum atomic E-state index is 0.910. The highest BCUT2D eigenvalue weighted by Crippen LogP contribution is 2.34. The highest BCUT2D eigenvalue weighted by atomic mass is 127. The van der Waals surface area contributed by atoms with Gasteiger partial charge in [-0.3, -0.25) is 0 Å². The van der Waals surface area contributed by atoms with Gasteiger partial charge in [0.1, 0.15) is 0 Å². The topological polar surface area (TPSA) is 15.8 Å².